The second-order valence-electron chi connectivity index (χ2n) is 8.38. The number of fused-ring (bicyclic) bond motifs is 1. The van der Waals surface area contributed by atoms with Crippen LogP contribution in [0, 0.1) is 11.3 Å². The number of hydrogen-bond donors (Lipinski definition) is 2. The van der Waals surface area contributed by atoms with Crippen molar-refractivity contribution in [2.24, 2.45) is 0 Å². The Morgan fingerprint density at radius 1 is 1.11 bits per heavy atom. The normalized spacial score (nSPS) is 11.4. The Bertz CT molecular complexity index is 1630. The molecule has 2 aromatic heterocycles. The third kappa shape index (κ3) is 5.27. The first-order chi connectivity index (χ1) is 17.9. The number of carbonyl (C=O) groups excluding carboxylic acids is 2. The zero-order valence-corrected chi connectivity index (χ0v) is 21.2. The van der Waals surface area contributed by atoms with Gasteiger partial charge in [-0.05, 0) is 49.6 Å². The lowest BCUT2D eigenvalue weighted by atomic mass is 10.0. The van der Waals surface area contributed by atoms with Gasteiger partial charge in [-0.2, -0.15) is 23.5 Å². The molecule has 38 heavy (non-hydrogen) atoms. The summed E-state index contributed by atoms with van der Waals surface area (Å²) >= 11 is 12.7. The summed E-state index contributed by atoms with van der Waals surface area (Å²) in [5.41, 5.74) is -1.78. The van der Waals surface area contributed by atoms with Crippen molar-refractivity contribution in [3.8, 4) is 11.9 Å². The number of hydrogen-bond acceptors (Lipinski definition) is 5. The SMILES string of the molecule is CC(C)NC(=O)c1cc2cc(C#N)ccc2c(Cl)c1NC(=O)c1cc(C(F)(F)F)nn1-c1ncccc1Cl. The summed E-state index contributed by atoms with van der Waals surface area (Å²) in [6, 6.07) is 11.1. The highest BCUT2D eigenvalue weighted by molar-refractivity contribution is 6.40. The fourth-order valence-electron chi connectivity index (χ4n) is 3.63. The van der Waals surface area contributed by atoms with Gasteiger partial charge in [0.2, 0.25) is 0 Å². The largest absolute Gasteiger partial charge is 0.435 e. The molecule has 0 aliphatic rings. The number of anilines is 1. The fraction of sp³-hybridized carbons (Fsp3) is 0.160. The van der Waals surface area contributed by atoms with E-state index in [4.69, 9.17) is 23.2 Å². The topological polar surface area (TPSA) is 113 Å². The summed E-state index contributed by atoms with van der Waals surface area (Å²) in [6.07, 6.45) is -3.59. The standard InChI is InChI=1S/C25H17Cl2F3N6O2/c1-12(2)33-23(37)16-9-14-8-13(11-31)5-6-15(14)20(27)21(16)34-24(38)18-10-19(25(28,29)30)35-36(18)22-17(26)4-3-7-32-22/h3-10,12H,1-2H3,(H,33,37)(H,34,38). The van der Waals surface area contributed by atoms with Crippen molar-refractivity contribution in [3.05, 3.63) is 81.2 Å². The average molecular weight is 561 g/mol. The number of nitriles is 1. The van der Waals surface area contributed by atoms with Crippen LogP contribution in [0.3, 0.4) is 0 Å². The summed E-state index contributed by atoms with van der Waals surface area (Å²) < 4.78 is 41.2. The van der Waals surface area contributed by atoms with Gasteiger partial charge in [-0.3, -0.25) is 9.59 Å². The Hall–Kier alpha value is -4.14. The summed E-state index contributed by atoms with van der Waals surface area (Å²) in [5, 5.41) is 18.7. The Morgan fingerprint density at radius 2 is 1.84 bits per heavy atom. The van der Waals surface area contributed by atoms with Gasteiger partial charge in [0.1, 0.15) is 5.69 Å². The van der Waals surface area contributed by atoms with Gasteiger partial charge >= 0.3 is 6.18 Å². The van der Waals surface area contributed by atoms with E-state index in [-0.39, 0.29) is 33.2 Å². The minimum absolute atomic E-state index is 0.0487. The van der Waals surface area contributed by atoms with Crippen LogP contribution in [-0.2, 0) is 6.18 Å². The Labute approximate surface area is 224 Å². The molecule has 0 aliphatic heterocycles. The minimum atomic E-state index is -4.87. The molecule has 0 radical (unpaired) electrons. The van der Waals surface area contributed by atoms with E-state index < -0.39 is 29.4 Å². The number of nitrogens with zero attached hydrogens (tertiary/aromatic N) is 4. The van der Waals surface area contributed by atoms with E-state index in [0.717, 1.165) is 0 Å². The summed E-state index contributed by atoms with van der Waals surface area (Å²) in [6.45, 7) is 3.45. The second-order valence-corrected chi connectivity index (χ2v) is 9.16. The molecule has 0 saturated heterocycles. The van der Waals surface area contributed by atoms with Crippen LogP contribution in [0.15, 0.2) is 48.7 Å². The van der Waals surface area contributed by atoms with Crippen LogP contribution < -0.4 is 10.6 Å². The highest BCUT2D eigenvalue weighted by Gasteiger charge is 2.37. The molecule has 0 atom stereocenters. The molecule has 2 amide bonds. The zero-order chi connectivity index (χ0) is 27.8. The molecule has 0 saturated carbocycles. The number of alkyl halides is 3. The Morgan fingerprint density at radius 3 is 2.47 bits per heavy atom. The number of halogens is 5. The van der Waals surface area contributed by atoms with Crippen molar-refractivity contribution in [3.63, 3.8) is 0 Å². The predicted molar refractivity (Wildman–Crippen MR) is 136 cm³/mol. The molecule has 13 heteroatoms. The lowest BCUT2D eigenvalue weighted by Crippen LogP contribution is -2.31. The van der Waals surface area contributed by atoms with Crippen LogP contribution in [0.5, 0.6) is 0 Å². The van der Waals surface area contributed by atoms with E-state index in [9.17, 15) is 28.0 Å². The van der Waals surface area contributed by atoms with Crippen molar-refractivity contribution >= 4 is 51.5 Å². The van der Waals surface area contributed by atoms with Gasteiger partial charge in [0.05, 0.1) is 32.9 Å². The first kappa shape index (κ1) is 26.9. The highest BCUT2D eigenvalue weighted by atomic mass is 35.5. The number of aromatic nitrogens is 3. The minimum Gasteiger partial charge on any atom is -0.350 e. The molecule has 0 bridgehead atoms. The lowest BCUT2D eigenvalue weighted by Gasteiger charge is -2.17. The Balaban J connectivity index is 1.88. The fourth-order valence-corrected chi connectivity index (χ4v) is 4.15. The molecule has 8 nitrogen and oxygen atoms in total. The number of pyridine rings is 1. The van der Waals surface area contributed by atoms with E-state index >= 15 is 0 Å². The van der Waals surface area contributed by atoms with Gasteiger partial charge in [0, 0.05) is 23.7 Å². The molecule has 0 fully saturated rings. The molecule has 0 unspecified atom stereocenters. The maximum Gasteiger partial charge on any atom is 0.435 e. The maximum absolute atomic E-state index is 13.5. The molecular weight excluding hydrogens is 544 g/mol. The Kier molecular flexibility index (Phi) is 7.31. The van der Waals surface area contributed by atoms with Crippen molar-refractivity contribution < 1.29 is 22.8 Å². The molecule has 194 valence electrons. The van der Waals surface area contributed by atoms with Gasteiger partial charge in [0.25, 0.3) is 11.8 Å². The van der Waals surface area contributed by atoms with Crippen LogP contribution >= 0.6 is 23.2 Å². The van der Waals surface area contributed by atoms with Crippen molar-refractivity contribution in [1.82, 2.24) is 20.1 Å². The monoisotopic (exact) mass is 560 g/mol. The van der Waals surface area contributed by atoms with Gasteiger partial charge in [0.15, 0.2) is 11.5 Å². The average Bonchev–Trinajstić information content (AvgIpc) is 3.31. The molecule has 0 aliphatic carbocycles. The molecule has 0 spiro atoms. The first-order valence-corrected chi connectivity index (χ1v) is 11.7. The van der Waals surface area contributed by atoms with E-state index in [2.05, 4.69) is 20.7 Å². The van der Waals surface area contributed by atoms with Gasteiger partial charge in [-0.25, -0.2) is 9.67 Å². The lowest BCUT2D eigenvalue weighted by molar-refractivity contribution is -0.141. The van der Waals surface area contributed by atoms with E-state index in [1.807, 2.05) is 6.07 Å². The van der Waals surface area contributed by atoms with Crippen molar-refractivity contribution in [1.29, 1.82) is 5.26 Å². The smallest absolute Gasteiger partial charge is 0.350 e. The number of benzene rings is 2. The first-order valence-electron chi connectivity index (χ1n) is 11.0. The van der Waals surface area contributed by atoms with Crippen LogP contribution in [0.25, 0.3) is 16.6 Å². The molecule has 2 heterocycles. The zero-order valence-electron chi connectivity index (χ0n) is 19.7. The molecule has 4 rings (SSSR count). The molecule has 2 aromatic carbocycles. The summed E-state index contributed by atoms with van der Waals surface area (Å²) in [4.78, 5) is 30.4. The van der Waals surface area contributed by atoms with Crippen LogP contribution in [0.2, 0.25) is 10.0 Å². The molecule has 2 N–H and O–H groups in total. The second kappa shape index (κ2) is 10.3. The van der Waals surface area contributed by atoms with Crippen LogP contribution in [-0.4, -0.2) is 32.6 Å². The number of amides is 2. The van der Waals surface area contributed by atoms with Gasteiger partial charge in [-0.15, -0.1) is 0 Å². The van der Waals surface area contributed by atoms with Crippen molar-refractivity contribution in [2.45, 2.75) is 26.1 Å². The number of nitrogens with one attached hydrogen (secondary N) is 2. The van der Waals surface area contributed by atoms with E-state index in [1.165, 1.54) is 42.6 Å². The van der Waals surface area contributed by atoms with Crippen molar-refractivity contribution in [2.75, 3.05) is 5.32 Å². The number of rotatable bonds is 5. The van der Waals surface area contributed by atoms with Crippen LogP contribution in [0.1, 0.15) is 46.0 Å². The summed E-state index contributed by atoms with van der Waals surface area (Å²) in [5.74, 6) is -1.86. The third-order valence-corrected chi connectivity index (χ3v) is 5.97. The highest BCUT2D eigenvalue weighted by Crippen LogP contribution is 2.36. The van der Waals surface area contributed by atoms with Gasteiger partial charge < -0.3 is 10.6 Å². The quantitative estimate of drug-likeness (QED) is 0.310. The van der Waals surface area contributed by atoms with E-state index in [1.54, 1.807) is 13.8 Å². The maximum atomic E-state index is 13.5. The molecular formula is C25H17Cl2F3N6O2. The number of carbonyl (C=O) groups is 2. The van der Waals surface area contributed by atoms with E-state index in [0.29, 0.717) is 27.1 Å². The molecule has 4 aromatic rings. The van der Waals surface area contributed by atoms with Crippen LogP contribution in [0.4, 0.5) is 18.9 Å². The third-order valence-electron chi connectivity index (χ3n) is 5.28. The van der Waals surface area contributed by atoms with Gasteiger partial charge in [-0.1, -0.05) is 29.3 Å². The summed E-state index contributed by atoms with van der Waals surface area (Å²) in [7, 11) is 0. The predicted octanol–water partition coefficient (Wildman–Crippen LogP) is 6.01.